The molecule has 0 spiro atoms. The number of rotatable bonds is 15. The smallest absolute Gasteiger partial charge is 0.286 e. The number of hydrogen-bond acceptors (Lipinski definition) is 46. The van der Waals surface area contributed by atoms with E-state index in [1.54, 1.807) is 6.20 Å². The van der Waals surface area contributed by atoms with Crippen molar-refractivity contribution in [3.8, 4) is 5.75 Å². The van der Waals surface area contributed by atoms with Crippen LogP contribution in [-0.4, -0.2) is 463 Å². The maximum Gasteiger partial charge on any atom is 0.286 e. The van der Waals surface area contributed by atoms with Crippen molar-refractivity contribution >= 4 is 41.1 Å². The molecule has 31 saturated heterocycles. The average molecular weight is 1690 g/mol. The van der Waals surface area contributed by atoms with Crippen LogP contribution in [0.5, 0.6) is 5.75 Å². The van der Waals surface area contributed by atoms with Gasteiger partial charge in [-0.25, -0.2) is 4.98 Å². The third-order valence-electron chi connectivity index (χ3n) is 20.7. The lowest BCUT2D eigenvalue weighted by Gasteiger charge is -2.50. The Morgan fingerprint density at radius 2 is 0.605 bits per heavy atom. The second-order valence-corrected chi connectivity index (χ2v) is 29.3. The number of aliphatic hydroxyl groups is 24. The highest BCUT2D eigenvalue weighted by Crippen LogP contribution is 2.40. The van der Waals surface area contributed by atoms with Crippen LogP contribution in [0.1, 0.15) is 5.56 Å². The van der Waals surface area contributed by atoms with Gasteiger partial charge in [0.2, 0.25) is 5.91 Å². The number of aliphatic hydroxyl groups excluding tert-OH is 24. The lowest BCUT2D eigenvalue weighted by molar-refractivity contribution is -0.404. The van der Waals surface area contributed by atoms with Crippen LogP contribution in [0.15, 0.2) is 48.7 Å². The second kappa shape index (κ2) is 41.1. The van der Waals surface area contributed by atoms with Crippen molar-refractivity contribution in [3.05, 3.63) is 54.2 Å². The zero-order valence-corrected chi connectivity index (χ0v) is 61.9. The molecule has 16 bridgehead atoms. The van der Waals surface area contributed by atoms with Gasteiger partial charge in [-0.2, -0.15) is 0 Å². The molecule has 650 valence electrons. The van der Waals surface area contributed by atoms with Gasteiger partial charge in [0.05, 0.1) is 64.6 Å². The molecule has 41 atom stereocenters. The minimum atomic E-state index is -2.25. The Hall–Kier alpha value is -3.85. The van der Waals surface area contributed by atoms with E-state index < -0.39 is 299 Å². The van der Waals surface area contributed by atoms with Crippen LogP contribution in [0.25, 0.3) is 0 Å². The molecule has 31 aliphatic heterocycles. The van der Waals surface area contributed by atoms with Gasteiger partial charge in [-0.15, -0.1) is 12.4 Å². The Bertz CT molecular complexity index is 2840. The number of carbonyl (C=O) groups excluding carboxylic acids is 2. The lowest BCUT2D eigenvalue weighted by Crippen LogP contribution is -2.69. The Balaban J connectivity index is 0.000000447. The van der Waals surface area contributed by atoms with E-state index in [4.69, 9.17) is 80.5 Å². The molecule has 2 aromatic rings. The number of amides is 2. The summed E-state index contributed by atoms with van der Waals surface area (Å²) in [6.45, 7) is -7.37. The number of likely N-dealkylation sites (N-methyl/N-ethyl adjacent to an activating group) is 1. The van der Waals surface area contributed by atoms with E-state index in [-0.39, 0.29) is 28.8 Å². The van der Waals surface area contributed by atoms with Crippen LogP contribution in [0.3, 0.4) is 0 Å². The minimum absolute atomic E-state index is 0. The predicted octanol–water partition coefficient (Wildman–Crippen LogP) is -14.5. The Morgan fingerprint density at radius 3 is 0.807 bits per heavy atom. The Labute approximate surface area is 657 Å². The molecule has 2 amide bonds. The molecule has 1 aromatic carbocycles. The largest absolute Gasteiger partial charge is 0.492 e. The van der Waals surface area contributed by atoms with E-state index in [0.717, 1.165) is 35.4 Å². The van der Waals surface area contributed by atoms with Crippen molar-refractivity contribution in [2.75, 3.05) is 78.0 Å². The van der Waals surface area contributed by atoms with Crippen molar-refractivity contribution in [3.63, 3.8) is 0 Å². The van der Waals surface area contributed by atoms with Crippen molar-refractivity contribution in [2.24, 2.45) is 0 Å². The first-order valence-electron chi connectivity index (χ1n) is 36.1. The van der Waals surface area contributed by atoms with E-state index in [0.29, 0.717) is 13.0 Å². The van der Waals surface area contributed by atoms with E-state index >= 15 is 0 Å². The van der Waals surface area contributed by atoms with Crippen molar-refractivity contribution in [1.29, 1.82) is 0 Å². The van der Waals surface area contributed by atoms with Crippen molar-refractivity contribution < 1.29 is 213 Å². The summed E-state index contributed by atoms with van der Waals surface area (Å²) < 4.78 is 96.8. The normalized spacial score (nSPS) is 46.4. The molecule has 0 radical (unpaired) electrons. The molecule has 0 saturated carbocycles. The fourth-order valence-corrected chi connectivity index (χ4v) is 15.2. The first-order valence-corrected chi connectivity index (χ1v) is 37.0. The lowest BCUT2D eigenvalue weighted by atomic mass is 9.94. The van der Waals surface area contributed by atoms with E-state index in [1.165, 1.54) is 0 Å². The topological polar surface area (TPSA) is 705 Å². The van der Waals surface area contributed by atoms with Gasteiger partial charge in [-0.1, -0.05) is 30.0 Å². The van der Waals surface area contributed by atoms with Crippen LogP contribution >= 0.6 is 24.2 Å². The summed E-state index contributed by atoms with van der Waals surface area (Å²) in [7, 11) is 1.97. The number of benzene rings is 1. The maximum absolute atomic E-state index is 11.6. The summed E-state index contributed by atoms with van der Waals surface area (Å²) in [5.41, 5.74) is 1.00. The highest BCUT2D eigenvalue weighted by atomic mass is 35.5. The first-order chi connectivity index (χ1) is 54.0. The van der Waals surface area contributed by atoms with Gasteiger partial charge in [0.1, 0.15) is 214 Å². The quantitative estimate of drug-likeness (QED) is 0.0787. The predicted molar refractivity (Wildman–Crippen MR) is 366 cm³/mol. The highest BCUT2D eigenvalue weighted by Gasteiger charge is 2.61. The molecular formula is C66H100ClN3O43S. The van der Waals surface area contributed by atoms with Gasteiger partial charge in [0.25, 0.3) is 5.24 Å². The third kappa shape index (κ3) is 20.2. The number of imide groups is 1. The summed E-state index contributed by atoms with van der Waals surface area (Å²) in [5, 5.41) is 267. The highest BCUT2D eigenvalue weighted by molar-refractivity contribution is 8.15. The van der Waals surface area contributed by atoms with Crippen LogP contribution in [0, 0.1) is 0 Å². The summed E-state index contributed by atoms with van der Waals surface area (Å²) in [6, 6.07) is 13.4. The molecule has 25 N–H and O–H groups in total. The number of aromatic nitrogens is 1. The minimum Gasteiger partial charge on any atom is -0.492 e. The van der Waals surface area contributed by atoms with E-state index in [9.17, 15) is 132 Å². The van der Waals surface area contributed by atoms with Crippen molar-refractivity contribution in [1.82, 2.24) is 10.3 Å². The number of carbonyl (C=O) groups is 2. The number of hydrogen-bond donors (Lipinski definition) is 25. The zero-order chi connectivity index (χ0) is 81.7. The van der Waals surface area contributed by atoms with Crippen LogP contribution in [0.2, 0.25) is 0 Å². The Kier molecular flexibility index (Phi) is 33.4. The molecule has 31 aliphatic rings. The zero-order valence-electron chi connectivity index (χ0n) is 60.3. The van der Waals surface area contributed by atoms with E-state index in [1.807, 2.05) is 54.4 Å². The molecular weight excluding hydrogens is 1590 g/mol. The third-order valence-corrected chi connectivity index (χ3v) is 21.7. The fourth-order valence-electron chi connectivity index (χ4n) is 14.4. The summed E-state index contributed by atoms with van der Waals surface area (Å²) >= 11 is 1.05. The van der Waals surface area contributed by atoms with Crippen molar-refractivity contribution in [2.45, 2.75) is 257 Å². The van der Waals surface area contributed by atoms with Crippen LogP contribution in [0.4, 0.5) is 10.6 Å². The Morgan fingerprint density at radius 1 is 0.360 bits per heavy atom. The number of anilines is 1. The first kappa shape index (κ1) is 92.4. The summed E-state index contributed by atoms with van der Waals surface area (Å²) in [6.07, 6.45) is -79.7. The van der Waals surface area contributed by atoms with Gasteiger partial charge < -0.3 is 208 Å². The second-order valence-electron chi connectivity index (χ2n) is 28.1. The van der Waals surface area contributed by atoms with Gasteiger partial charge in [-0.3, -0.25) is 14.9 Å². The molecule has 46 nitrogen and oxygen atoms in total. The summed E-state index contributed by atoms with van der Waals surface area (Å²) in [5.74, 6) is 1.47. The monoisotopic (exact) mass is 1690 g/mol. The SMILES string of the molecule is CN(CCOc1ccc(CC2SC(=O)NC2=O)cc1)c1ccccn1.Cl.OC[C@H]1O[C@@H]2O[C@H]3[C@H](O)[C@@H](O)[C@@H](O[C@H]4[C@H](O)[C@@H](O)[C@@H](O[C@H]5[C@H](O)[C@@H](O)[C@@H](O[C@H]6[C@H](O)[C@@H](O)[C@@H](O[C@H]7[C@H](O)[C@@H](O)[C@@H](O[C@H]8[C@H](O)[C@@H](O)[C@@H](O[C@H]9[C@H](O)[C@@H](O)[C@@H](O[C@H]1[C@H](O)[C@H]2O)O[C@@H]9CO)O[C@@H]8CO)O[C@@H]7CO)O[C@@H]6CO)O[C@@H]5CO)O[C@@H]4CO)O[C@@H]3CO. The molecule has 0 aliphatic carbocycles. The number of nitrogens with one attached hydrogen (secondary N) is 1. The van der Waals surface area contributed by atoms with Gasteiger partial charge >= 0.3 is 0 Å². The fraction of sp³-hybridized carbons (Fsp3) is 0.803. The maximum atomic E-state index is 11.6. The molecule has 114 heavy (non-hydrogen) atoms. The summed E-state index contributed by atoms with van der Waals surface area (Å²) in [4.78, 5) is 29.1. The number of thioether (sulfide) groups is 1. The standard InChI is InChI=1S/C48H80O40.C18H19N3O3S.ClH/c49-1-9-33-17(57)25(65)41(73-9)82-34-10(2-50)75-43(27(67)19(34)59)84-36-12(4-52)77-45(29(69)21(36)61)86-38-14(6-54)79-47(31(71)23(38)63)88-40-16(8-56)80-48(32(72)24(40)64)87-39-15(7-55)78-46(30(70)22(39)62)85-37-13(5-53)76-44(28(68)20(37)60)83-35-11(3-51)74-42(81-33)26(66)18(35)58;1-21(16-4-2-3-9-19-16)10-11-24-14-7-5-13(6-8-14)12-15-17(22)20-18(23)25-15;/h9-72H,1-8H2;2-9,15H,10-12H2,1H3,(H,20,22,23);1H/t9-,10-,11-,12-,13-,14-,15-,16-,17-,18-,19-,20-,21-,22-,23-,24-,25-,26-,27-,28-,29-,30-,31-,32-,33-,34-,35-,36-,37-,38-,39-,40-,41-,42-,43-,44-,45-,46-,47-,48-;;/m1../s1. The van der Waals surface area contributed by atoms with Gasteiger partial charge in [0.15, 0.2) is 50.3 Å². The molecule has 33 rings (SSSR count). The molecule has 32 heterocycles. The number of ether oxygens (including phenoxy) is 17. The van der Waals surface area contributed by atoms with Crippen LogP contribution in [-0.2, 0) is 87.0 Å². The molecule has 31 fully saturated rings. The van der Waals surface area contributed by atoms with Crippen LogP contribution < -0.4 is 15.0 Å². The number of pyridine rings is 1. The van der Waals surface area contributed by atoms with Gasteiger partial charge in [-0.05, 0) is 36.2 Å². The van der Waals surface area contributed by atoms with Gasteiger partial charge in [0, 0.05) is 13.2 Å². The average Bonchev–Trinajstić information content (AvgIpc) is 1.04. The molecule has 1 aromatic heterocycles. The van der Waals surface area contributed by atoms with E-state index in [2.05, 4.69) is 10.3 Å². The number of halogens is 1. The number of nitrogens with zero attached hydrogens (tertiary/aromatic N) is 2. The molecule has 48 heteroatoms. The molecule has 1 unspecified atom stereocenters.